The maximum atomic E-state index is 13.8. The summed E-state index contributed by atoms with van der Waals surface area (Å²) in [4.78, 5) is 47.2. The number of hydrogen-bond acceptors (Lipinski definition) is 6. The van der Waals surface area contributed by atoms with Crippen LogP contribution in [0.25, 0.3) is 5.69 Å². The number of likely N-dealkylation sites (tertiary alicyclic amines) is 1. The fraction of sp³-hybridized carbons (Fsp3) is 0.571. The van der Waals surface area contributed by atoms with E-state index < -0.39 is 5.60 Å². The van der Waals surface area contributed by atoms with Gasteiger partial charge < -0.3 is 25.2 Å². The Kier molecular flexibility index (Phi) is 7.32. The van der Waals surface area contributed by atoms with Crippen LogP contribution in [0, 0.1) is 0 Å². The predicted octanol–water partition coefficient (Wildman–Crippen LogP) is 3.66. The molecule has 2 N–H and O–H groups in total. The molecular formula is C28H38N6O4. The van der Waals surface area contributed by atoms with E-state index in [0.29, 0.717) is 43.6 Å². The molecule has 2 aliphatic heterocycles. The topological polar surface area (TPSA) is 109 Å². The van der Waals surface area contributed by atoms with Gasteiger partial charge in [0.2, 0.25) is 5.95 Å². The van der Waals surface area contributed by atoms with Gasteiger partial charge >= 0.3 is 12.1 Å². The highest BCUT2D eigenvalue weighted by Crippen LogP contribution is 2.24. The van der Waals surface area contributed by atoms with Gasteiger partial charge in [-0.3, -0.25) is 4.79 Å². The molecule has 1 saturated heterocycles. The number of fused-ring (bicyclic) bond motifs is 1. The molecule has 1 aromatic heterocycles. The summed E-state index contributed by atoms with van der Waals surface area (Å²) in [6.07, 6.45) is 5.89. The SMILES string of the molecule is CC(C)(C)OC(=O)N1CC(NC(=O)N2CCc3nc(NC4CCCCC4)n(-c4ccccc4)c(=O)c3C2)C1. The van der Waals surface area contributed by atoms with Crippen LogP contribution in [0.1, 0.15) is 64.1 Å². The van der Waals surface area contributed by atoms with Crippen molar-refractivity contribution in [2.45, 2.75) is 83.5 Å². The predicted molar refractivity (Wildman–Crippen MR) is 145 cm³/mol. The van der Waals surface area contributed by atoms with Crippen molar-refractivity contribution in [3.05, 3.63) is 51.9 Å². The average Bonchev–Trinajstić information content (AvgIpc) is 2.86. The molecule has 3 heterocycles. The number of nitrogens with one attached hydrogen (secondary N) is 2. The number of para-hydroxylation sites is 1. The first-order valence-electron chi connectivity index (χ1n) is 13.7. The molecule has 204 valence electrons. The Hall–Kier alpha value is -3.56. The Morgan fingerprint density at radius 1 is 1.00 bits per heavy atom. The Labute approximate surface area is 223 Å². The fourth-order valence-corrected chi connectivity index (χ4v) is 5.30. The van der Waals surface area contributed by atoms with Crippen LogP contribution in [0.3, 0.4) is 0 Å². The normalized spacial score (nSPS) is 18.4. The molecule has 38 heavy (non-hydrogen) atoms. The van der Waals surface area contributed by atoms with Gasteiger partial charge in [0.05, 0.1) is 29.5 Å². The Morgan fingerprint density at radius 3 is 2.39 bits per heavy atom. The summed E-state index contributed by atoms with van der Waals surface area (Å²) in [5, 5.41) is 6.55. The van der Waals surface area contributed by atoms with Gasteiger partial charge in [-0.15, -0.1) is 0 Å². The highest BCUT2D eigenvalue weighted by molar-refractivity contribution is 5.76. The van der Waals surface area contributed by atoms with Crippen molar-refractivity contribution in [1.29, 1.82) is 0 Å². The number of benzene rings is 1. The zero-order chi connectivity index (χ0) is 26.9. The molecule has 0 bridgehead atoms. The van der Waals surface area contributed by atoms with Crippen molar-refractivity contribution >= 4 is 18.1 Å². The van der Waals surface area contributed by atoms with E-state index in [4.69, 9.17) is 9.72 Å². The van der Waals surface area contributed by atoms with Crippen LogP contribution >= 0.6 is 0 Å². The van der Waals surface area contributed by atoms with Crippen LogP contribution in [0.4, 0.5) is 15.5 Å². The van der Waals surface area contributed by atoms with Gasteiger partial charge in [0.15, 0.2) is 0 Å². The zero-order valence-electron chi connectivity index (χ0n) is 22.5. The van der Waals surface area contributed by atoms with Gasteiger partial charge in [-0.25, -0.2) is 19.1 Å². The van der Waals surface area contributed by atoms with Gasteiger partial charge in [-0.2, -0.15) is 0 Å². The zero-order valence-corrected chi connectivity index (χ0v) is 22.5. The summed E-state index contributed by atoms with van der Waals surface area (Å²) in [6, 6.07) is 9.47. The molecule has 1 aromatic carbocycles. The number of nitrogens with zero attached hydrogens (tertiary/aromatic N) is 4. The van der Waals surface area contributed by atoms with Gasteiger partial charge in [-0.1, -0.05) is 37.5 Å². The van der Waals surface area contributed by atoms with Crippen molar-refractivity contribution in [2.24, 2.45) is 0 Å². The number of urea groups is 1. The minimum Gasteiger partial charge on any atom is -0.444 e. The van der Waals surface area contributed by atoms with Crippen molar-refractivity contribution in [3.63, 3.8) is 0 Å². The highest BCUT2D eigenvalue weighted by atomic mass is 16.6. The van der Waals surface area contributed by atoms with Crippen LogP contribution in [0.15, 0.2) is 35.1 Å². The summed E-state index contributed by atoms with van der Waals surface area (Å²) in [6.45, 7) is 6.97. The van der Waals surface area contributed by atoms with E-state index in [0.717, 1.165) is 24.2 Å². The number of amides is 3. The maximum absolute atomic E-state index is 13.8. The van der Waals surface area contributed by atoms with E-state index in [1.54, 1.807) is 14.4 Å². The van der Waals surface area contributed by atoms with Crippen LogP contribution < -0.4 is 16.2 Å². The molecule has 10 nitrogen and oxygen atoms in total. The van der Waals surface area contributed by atoms with E-state index >= 15 is 0 Å². The van der Waals surface area contributed by atoms with Crippen molar-refractivity contribution in [1.82, 2.24) is 24.7 Å². The number of aromatic nitrogens is 2. The largest absolute Gasteiger partial charge is 0.444 e. The van der Waals surface area contributed by atoms with Crippen LogP contribution in [0.2, 0.25) is 0 Å². The molecule has 1 saturated carbocycles. The quantitative estimate of drug-likeness (QED) is 0.634. The summed E-state index contributed by atoms with van der Waals surface area (Å²) in [5.74, 6) is 0.585. The third-order valence-electron chi connectivity index (χ3n) is 7.33. The van der Waals surface area contributed by atoms with Gasteiger partial charge in [0, 0.05) is 32.1 Å². The van der Waals surface area contributed by atoms with Crippen molar-refractivity contribution in [2.75, 3.05) is 25.0 Å². The lowest BCUT2D eigenvalue weighted by atomic mass is 9.96. The first kappa shape index (κ1) is 26.1. The second-order valence-electron chi connectivity index (χ2n) is 11.5. The van der Waals surface area contributed by atoms with E-state index in [1.807, 2.05) is 51.1 Å². The third-order valence-corrected chi connectivity index (χ3v) is 7.33. The number of rotatable bonds is 4. The van der Waals surface area contributed by atoms with E-state index in [-0.39, 0.29) is 30.3 Å². The third kappa shape index (κ3) is 5.79. The molecule has 0 unspecified atom stereocenters. The monoisotopic (exact) mass is 522 g/mol. The number of carbonyl (C=O) groups excluding carboxylic acids is 2. The Morgan fingerprint density at radius 2 is 1.71 bits per heavy atom. The highest BCUT2D eigenvalue weighted by Gasteiger charge is 2.36. The Balaban J connectivity index is 1.29. The number of anilines is 1. The minimum atomic E-state index is -0.556. The molecule has 3 amide bonds. The number of hydrogen-bond donors (Lipinski definition) is 2. The van der Waals surface area contributed by atoms with E-state index in [2.05, 4.69) is 10.6 Å². The molecule has 0 radical (unpaired) electrons. The first-order valence-corrected chi connectivity index (χ1v) is 13.7. The molecule has 1 aliphatic carbocycles. The van der Waals surface area contributed by atoms with Crippen LogP contribution in [0.5, 0.6) is 0 Å². The molecule has 2 fully saturated rings. The van der Waals surface area contributed by atoms with Crippen LogP contribution in [-0.4, -0.2) is 68.8 Å². The van der Waals surface area contributed by atoms with E-state index in [1.165, 1.54) is 19.3 Å². The summed E-state index contributed by atoms with van der Waals surface area (Å²) >= 11 is 0. The average molecular weight is 523 g/mol. The van der Waals surface area contributed by atoms with Crippen molar-refractivity contribution < 1.29 is 14.3 Å². The van der Waals surface area contributed by atoms with Crippen LogP contribution in [-0.2, 0) is 17.7 Å². The number of carbonyl (C=O) groups is 2. The maximum Gasteiger partial charge on any atom is 0.410 e. The molecule has 10 heteroatoms. The van der Waals surface area contributed by atoms with Gasteiger partial charge in [0.25, 0.3) is 5.56 Å². The van der Waals surface area contributed by atoms with E-state index in [9.17, 15) is 14.4 Å². The lowest BCUT2D eigenvalue weighted by Gasteiger charge is -2.41. The first-order chi connectivity index (χ1) is 18.2. The molecule has 2 aromatic rings. The lowest BCUT2D eigenvalue weighted by Crippen LogP contribution is -2.63. The Bertz CT molecular complexity index is 1230. The molecule has 0 atom stereocenters. The molecule has 0 spiro atoms. The lowest BCUT2D eigenvalue weighted by molar-refractivity contribution is 0.00578. The second kappa shape index (κ2) is 10.7. The molecule has 3 aliphatic rings. The standard InChI is InChI=1S/C28H38N6O4/c1-28(2,3)38-27(37)33-16-20(17-33)30-26(36)32-15-14-23-22(18-32)24(35)34(21-12-8-5-9-13-21)25(31-23)29-19-10-6-4-7-11-19/h5,8-9,12-13,19-20H,4,6-7,10-11,14-18H2,1-3H3,(H,29,31)(H,30,36). The van der Waals surface area contributed by atoms with Crippen molar-refractivity contribution in [3.8, 4) is 5.69 Å². The smallest absolute Gasteiger partial charge is 0.410 e. The van der Waals surface area contributed by atoms with Gasteiger partial charge in [0.1, 0.15) is 5.60 Å². The summed E-state index contributed by atoms with van der Waals surface area (Å²) in [5.41, 5.74) is 1.36. The summed E-state index contributed by atoms with van der Waals surface area (Å²) < 4.78 is 7.04. The second-order valence-corrected chi connectivity index (χ2v) is 11.5. The number of ether oxygens (including phenoxy) is 1. The minimum absolute atomic E-state index is 0.141. The van der Waals surface area contributed by atoms with Gasteiger partial charge in [-0.05, 0) is 45.7 Å². The molecular weight excluding hydrogens is 484 g/mol. The fourth-order valence-electron chi connectivity index (χ4n) is 5.30. The summed E-state index contributed by atoms with van der Waals surface area (Å²) in [7, 11) is 0. The molecule has 5 rings (SSSR count).